The highest BCUT2D eigenvalue weighted by atomic mass is 16.5. The first-order valence-corrected chi connectivity index (χ1v) is 7.69. The molecule has 1 N–H and O–H groups in total. The Kier molecular flexibility index (Phi) is 4.06. The third-order valence-electron chi connectivity index (χ3n) is 3.83. The number of fused-ring (bicyclic) bond motifs is 1. The van der Waals surface area contributed by atoms with Crippen LogP contribution in [0.5, 0.6) is 5.75 Å². The minimum atomic E-state index is -0.118. The summed E-state index contributed by atoms with van der Waals surface area (Å²) in [6, 6.07) is 15.5. The van der Waals surface area contributed by atoms with E-state index in [0.717, 1.165) is 27.9 Å². The van der Waals surface area contributed by atoms with Gasteiger partial charge >= 0.3 is 0 Å². The monoisotopic (exact) mass is 308 g/mol. The van der Waals surface area contributed by atoms with E-state index >= 15 is 0 Å². The molecule has 0 aliphatic rings. The molecule has 4 nitrogen and oxygen atoms in total. The molecular formula is C19H20N2O2. The Morgan fingerprint density at radius 3 is 2.74 bits per heavy atom. The summed E-state index contributed by atoms with van der Waals surface area (Å²) in [6.45, 7) is 4.58. The summed E-state index contributed by atoms with van der Waals surface area (Å²) in [5.74, 6) is 0.698. The Labute approximate surface area is 135 Å². The van der Waals surface area contributed by atoms with Crippen LogP contribution in [-0.2, 0) is 7.05 Å². The second-order valence-electron chi connectivity index (χ2n) is 5.57. The molecule has 1 amide bonds. The molecule has 0 aliphatic heterocycles. The lowest BCUT2D eigenvalue weighted by atomic mass is 10.2. The van der Waals surface area contributed by atoms with Crippen molar-refractivity contribution in [3.05, 3.63) is 59.8 Å². The summed E-state index contributed by atoms with van der Waals surface area (Å²) in [5.41, 5.74) is 3.54. The predicted octanol–water partition coefficient (Wildman–Crippen LogP) is 4.14. The molecule has 0 saturated heterocycles. The van der Waals surface area contributed by atoms with Crippen molar-refractivity contribution in [3.63, 3.8) is 0 Å². The van der Waals surface area contributed by atoms with Gasteiger partial charge in [-0.1, -0.05) is 12.1 Å². The lowest BCUT2D eigenvalue weighted by Crippen LogP contribution is -2.15. The van der Waals surface area contributed by atoms with Gasteiger partial charge in [-0.25, -0.2) is 0 Å². The molecule has 0 unspecified atom stereocenters. The molecule has 0 aliphatic carbocycles. The number of nitrogens with zero attached hydrogens (tertiary/aromatic N) is 1. The van der Waals surface area contributed by atoms with Crippen molar-refractivity contribution < 1.29 is 9.53 Å². The zero-order valence-electron chi connectivity index (χ0n) is 13.6. The fourth-order valence-electron chi connectivity index (χ4n) is 2.72. The minimum absolute atomic E-state index is 0.118. The van der Waals surface area contributed by atoms with E-state index in [1.165, 1.54) is 0 Å². The number of nitrogens with one attached hydrogen (secondary N) is 1. The maximum absolute atomic E-state index is 12.6. The van der Waals surface area contributed by atoms with E-state index < -0.39 is 0 Å². The number of amides is 1. The number of aromatic nitrogens is 1. The third kappa shape index (κ3) is 3.06. The molecule has 1 heterocycles. The van der Waals surface area contributed by atoms with Crippen molar-refractivity contribution in [2.75, 3.05) is 11.9 Å². The number of aryl methyl sites for hydroxylation is 2. The normalized spacial score (nSPS) is 10.7. The largest absolute Gasteiger partial charge is 0.494 e. The third-order valence-corrected chi connectivity index (χ3v) is 3.83. The molecule has 0 bridgehead atoms. The molecule has 0 saturated carbocycles. The number of benzene rings is 2. The first kappa shape index (κ1) is 15.2. The van der Waals surface area contributed by atoms with Crippen LogP contribution in [0, 0.1) is 6.92 Å². The van der Waals surface area contributed by atoms with Crippen LogP contribution in [0.3, 0.4) is 0 Å². The van der Waals surface area contributed by atoms with Crippen molar-refractivity contribution in [1.29, 1.82) is 0 Å². The maximum Gasteiger partial charge on any atom is 0.272 e. The Morgan fingerprint density at radius 2 is 2.00 bits per heavy atom. The lowest BCUT2D eigenvalue weighted by Gasteiger charge is -2.07. The molecule has 0 atom stereocenters. The van der Waals surface area contributed by atoms with Crippen molar-refractivity contribution in [2.24, 2.45) is 7.05 Å². The molecule has 2 aromatic carbocycles. The smallest absolute Gasteiger partial charge is 0.272 e. The van der Waals surface area contributed by atoms with Crippen LogP contribution in [0.15, 0.2) is 48.5 Å². The topological polar surface area (TPSA) is 43.3 Å². The zero-order valence-corrected chi connectivity index (χ0v) is 13.6. The Hall–Kier alpha value is -2.75. The van der Waals surface area contributed by atoms with Crippen molar-refractivity contribution >= 4 is 22.5 Å². The van der Waals surface area contributed by atoms with Crippen LogP contribution < -0.4 is 10.1 Å². The average molecular weight is 308 g/mol. The van der Waals surface area contributed by atoms with Gasteiger partial charge in [0.05, 0.1) is 6.61 Å². The highest BCUT2D eigenvalue weighted by Crippen LogP contribution is 2.24. The molecule has 118 valence electrons. The van der Waals surface area contributed by atoms with Gasteiger partial charge in [0.1, 0.15) is 11.4 Å². The van der Waals surface area contributed by atoms with E-state index in [2.05, 4.69) is 5.32 Å². The van der Waals surface area contributed by atoms with Gasteiger partial charge in [0.2, 0.25) is 0 Å². The van der Waals surface area contributed by atoms with E-state index in [1.54, 1.807) is 0 Å². The summed E-state index contributed by atoms with van der Waals surface area (Å²) < 4.78 is 7.42. The Bertz CT molecular complexity index is 865. The summed E-state index contributed by atoms with van der Waals surface area (Å²) in [6.07, 6.45) is 0. The number of carbonyl (C=O) groups is 1. The highest BCUT2D eigenvalue weighted by Gasteiger charge is 2.14. The first-order chi connectivity index (χ1) is 11.1. The van der Waals surface area contributed by atoms with Crippen molar-refractivity contribution in [2.45, 2.75) is 13.8 Å². The van der Waals surface area contributed by atoms with Crippen LogP contribution in [-0.4, -0.2) is 17.1 Å². The van der Waals surface area contributed by atoms with Crippen LogP contribution >= 0.6 is 0 Å². The molecule has 0 spiro atoms. The molecule has 0 fully saturated rings. The summed E-state index contributed by atoms with van der Waals surface area (Å²) in [7, 11) is 1.90. The van der Waals surface area contributed by atoms with Crippen LogP contribution in [0.4, 0.5) is 5.69 Å². The maximum atomic E-state index is 12.6. The van der Waals surface area contributed by atoms with Gasteiger partial charge in [0, 0.05) is 23.6 Å². The van der Waals surface area contributed by atoms with Crippen LogP contribution in [0.1, 0.15) is 23.0 Å². The second kappa shape index (κ2) is 6.16. The number of anilines is 1. The minimum Gasteiger partial charge on any atom is -0.494 e. The fourth-order valence-corrected chi connectivity index (χ4v) is 2.72. The average Bonchev–Trinajstić information content (AvgIpc) is 2.84. The summed E-state index contributed by atoms with van der Waals surface area (Å²) in [4.78, 5) is 12.6. The van der Waals surface area contributed by atoms with Crippen LogP contribution in [0.25, 0.3) is 10.9 Å². The molecule has 0 radical (unpaired) electrons. The molecule has 3 aromatic rings. The van der Waals surface area contributed by atoms with E-state index in [9.17, 15) is 4.79 Å². The Balaban J connectivity index is 1.92. The standard InChI is InChI=1S/C19H20N2O2/c1-4-23-16-8-9-17-14(11-16)12-18(21(17)3)19(22)20-15-7-5-6-13(2)10-15/h5-12H,4H2,1-3H3,(H,20,22). The highest BCUT2D eigenvalue weighted by molar-refractivity contribution is 6.06. The van der Waals surface area contributed by atoms with Gasteiger partial charge < -0.3 is 14.6 Å². The van der Waals surface area contributed by atoms with Crippen molar-refractivity contribution in [3.8, 4) is 5.75 Å². The lowest BCUT2D eigenvalue weighted by molar-refractivity contribution is 0.102. The van der Waals surface area contributed by atoms with Gasteiger partial charge in [-0.05, 0) is 55.8 Å². The van der Waals surface area contributed by atoms with Gasteiger partial charge in [-0.3, -0.25) is 4.79 Å². The van der Waals surface area contributed by atoms with Gasteiger partial charge in [-0.2, -0.15) is 0 Å². The summed E-state index contributed by atoms with van der Waals surface area (Å²) >= 11 is 0. The molecule has 1 aromatic heterocycles. The SMILES string of the molecule is CCOc1ccc2c(c1)cc(C(=O)Nc1cccc(C)c1)n2C. The quantitative estimate of drug-likeness (QED) is 0.787. The van der Waals surface area contributed by atoms with E-state index in [4.69, 9.17) is 4.74 Å². The van der Waals surface area contributed by atoms with Gasteiger partial charge in [-0.15, -0.1) is 0 Å². The molecule has 3 rings (SSSR count). The number of rotatable bonds is 4. The number of hydrogen-bond donors (Lipinski definition) is 1. The van der Waals surface area contributed by atoms with E-state index in [0.29, 0.717) is 12.3 Å². The van der Waals surface area contributed by atoms with Crippen LogP contribution in [0.2, 0.25) is 0 Å². The van der Waals surface area contributed by atoms with E-state index in [-0.39, 0.29) is 5.91 Å². The van der Waals surface area contributed by atoms with Gasteiger partial charge in [0.25, 0.3) is 5.91 Å². The first-order valence-electron chi connectivity index (χ1n) is 7.69. The molecular weight excluding hydrogens is 288 g/mol. The van der Waals surface area contributed by atoms with Crippen molar-refractivity contribution in [1.82, 2.24) is 4.57 Å². The predicted molar refractivity (Wildman–Crippen MR) is 93.2 cm³/mol. The number of ether oxygens (including phenoxy) is 1. The molecule has 4 heteroatoms. The number of carbonyl (C=O) groups excluding carboxylic acids is 1. The Morgan fingerprint density at radius 1 is 1.17 bits per heavy atom. The molecule has 23 heavy (non-hydrogen) atoms. The van der Waals surface area contributed by atoms with E-state index in [1.807, 2.05) is 74.0 Å². The zero-order chi connectivity index (χ0) is 16.4. The summed E-state index contributed by atoms with van der Waals surface area (Å²) in [5, 5.41) is 3.94. The fraction of sp³-hybridized carbons (Fsp3) is 0.211. The van der Waals surface area contributed by atoms with Gasteiger partial charge in [0.15, 0.2) is 0 Å². The second-order valence-corrected chi connectivity index (χ2v) is 5.57. The number of hydrogen-bond acceptors (Lipinski definition) is 2.